The van der Waals surface area contributed by atoms with Crippen molar-refractivity contribution in [3.05, 3.63) is 63.7 Å². The Kier molecular flexibility index (Phi) is 4.46. The molecule has 0 N–H and O–H groups in total. The molecule has 0 saturated carbocycles. The summed E-state index contributed by atoms with van der Waals surface area (Å²) in [6.45, 7) is 3.93. The van der Waals surface area contributed by atoms with E-state index in [0.717, 1.165) is 22.3 Å². The third-order valence-corrected chi connectivity index (χ3v) is 3.52. The van der Waals surface area contributed by atoms with Crippen molar-refractivity contribution < 1.29 is 9.53 Å². The van der Waals surface area contributed by atoms with E-state index in [9.17, 15) is 4.79 Å². The second-order valence-corrected chi connectivity index (χ2v) is 5.31. The molecule has 3 heteroatoms. The number of halogens is 1. The summed E-state index contributed by atoms with van der Waals surface area (Å²) in [6, 6.07) is 11.2. The van der Waals surface area contributed by atoms with E-state index in [1.165, 1.54) is 0 Å². The summed E-state index contributed by atoms with van der Waals surface area (Å²) in [5, 5.41) is 0.606. The van der Waals surface area contributed by atoms with Crippen LogP contribution in [0.4, 0.5) is 0 Å². The molecular formula is C17H17ClO2. The number of hydrogen-bond donors (Lipinski definition) is 0. The number of ketones is 1. The molecule has 0 aromatic heterocycles. The maximum atomic E-state index is 12.5. The Morgan fingerprint density at radius 3 is 2.60 bits per heavy atom. The SMILES string of the molecule is COc1ccc(Cl)cc1CC(=O)c1cc(C)ccc1C. The normalized spacial score (nSPS) is 10.4. The largest absolute Gasteiger partial charge is 0.496 e. The van der Waals surface area contributed by atoms with Crippen LogP contribution in [0.5, 0.6) is 5.75 Å². The van der Waals surface area contributed by atoms with Gasteiger partial charge in [-0.25, -0.2) is 0 Å². The third kappa shape index (κ3) is 3.20. The van der Waals surface area contributed by atoms with Crippen molar-refractivity contribution in [2.75, 3.05) is 7.11 Å². The predicted molar refractivity (Wildman–Crippen MR) is 82.0 cm³/mol. The molecule has 104 valence electrons. The van der Waals surface area contributed by atoms with Crippen LogP contribution in [-0.4, -0.2) is 12.9 Å². The van der Waals surface area contributed by atoms with E-state index in [1.54, 1.807) is 25.3 Å². The summed E-state index contributed by atoms with van der Waals surface area (Å²) >= 11 is 5.99. The number of aryl methyl sites for hydroxylation is 2. The molecule has 0 unspecified atom stereocenters. The van der Waals surface area contributed by atoms with Crippen molar-refractivity contribution in [2.24, 2.45) is 0 Å². The van der Waals surface area contributed by atoms with Gasteiger partial charge in [-0.2, -0.15) is 0 Å². The second kappa shape index (κ2) is 6.10. The molecule has 0 saturated heterocycles. The Hall–Kier alpha value is -1.80. The van der Waals surface area contributed by atoms with Crippen LogP contribution >= 0.6 is 11.6 Å². The van der Waals surface area contributed by atoms with Crippen LogP contribution < -0.4 is 4.74 Å². The molecule has 2 nitrogen and oxygen atoms in total. The first-order valence-corrected chi connectivity index (χ1v) is 6.82. The van der Waals surface area contributed by atoms with E-state index in [4.69, 9.17) is 16.3 Å². The van der Waals surface area contributed by atoms with Gasteiger partial charge < -0.3 is 4.74 Å². The van der Waals surface area contributed by atoms with Crippen molar-refractivity contribution in [2.45, 2.75) is 20.3 Å². The van der Waals surface area contributed by atoms with Gasteiger partial charge in [-0.1, -0.05) is 29.3 Å². The number of rotatable bonds is 4. The zero-order valence-corrected chi connectivity index (χ0v) is 12.6. The minimum Gasteiger partial charge on any atom is -0.496 e. The van der Waals surface area contributed by atoms with Crippen LogP contribution in [0.25, 0.3) is 0 Å². The average molecular weight is 289 g/mol. The number of carbonyl (C=O) groups is 1. The highest BCUT2D eigenvalue weighted by Crippen LogP contribution is 2.24. The van der Waals surface area contributed by atoms with Crippen LogP contribution in [0.3, 0.4) is 0 Å². The van der Waals surface area contributed by atoms with Gasteiger partial charge in [0.1, 0.15) is 5.75 Å². The van der Waals surface area contributed by atoms with Crippen LogP contribution in [0.15, 0.2) is 36.4 Å². The first-order valence-electron chi connectivity index (χ1n) is 6.44. The smallest absolute Gasteiger partial charge is 0.167 e. The van der Waals surface area contributed by atoms with E-state index in [1.807, 2.05) is 32.0 Å². The van der Waals surface area contributed by atoms with Gasteiger partial charge in [-0.05, 0) is 43.7 Å². The minimum absolute atomic E-state index is 0.0757. The fourth-order valence-electron chi connectivity index (χ4n) is 2.19. The molecule has 2 aromatic rings. The standard InChI is InChI=1S/C17H17ClO2/c1-11-4-5-12(2)15(8-11)16(19)10-13-9-14(18)6-7-17(13)20-3/h4-9H,10H2,1-3H3. The zero-order valence-electron chi connectivity index (χ0n) is 11.9. The predicted octanol–water partition coefficient (Wildman–Crippen LogP) is 4.39. The van der Waals surface area contributed by atoms with Gasteiger partial charge in [-0.3, -0.25) is 4.79 Å². The molecule has 2 aromatic carbocycles. The average Bonchev–Trinajstić information content (AvgIpc) is 2.41. The van der Waals surface area contributed by atoms with Crippen LogP contribution in [0, 0.1) is 13.8 Å². The number of ether oxygens (including phenoxy) is 1. The van der Waals surface area contributed by atoms with Crippen LogP contribution in [-0.2, 0) is 6.42 Å². The Bertz CT molecular complexity index is 647. The molecular weight excluding hydrogens is 272 g/mol. The Balaban J connectivity index is 2.32. The Morgan fingerprint density at radius 2 is 1.90 bits per heavy atom. The van der Waals surface area contributed by atoms with Gasteiger partial charge in [0.25, 0.3) is 0 Å². The molecule has 0 bridgehead atoms. The fraction of sp³-hybridized carbons (Fsp3) is 0.235. The lowest BCUT2D eigenvalue weighted by Crippen LogP contribution is -2.07. The molecule has 0 atom stereocenters. The van der Waals surface area contributed by atoms with Gasteiger partial charge >= 0.3 is 0 Å². The topological polar surface area (TPSA) is 26.3 Å². The zero-order chi connectivity index (χ0) is 14.7. The Morgan fingerprint density at radius 1 is 1.15 bits per heavy atom. The molecule has 0 amide bonds. The number of benzene rings is 2. The molecule has 0 fully saturated rings. The molecule has 0 aliphatic rings. The van der Waals surface area contributed by atoms with Gasteiger partial charge in [0.05, 0.1) is 7.11 Å². The van der Waals surface area contributed by atoms with Crippen molar-refractivity contribution in [3.8, 4) is 5.75 Å². The van der Waals surface area contributed by atoms with Gasteiger partial charge in [-0.15, -0.1) is 0 Å². The summed E-state index contributed by atoms with van der Waals surface area (Å²) in [6.07, 6.45) is 0.286. The van der Waals surface area contributed by atoms with Crippen molar-refractivity contribution >= 4 is 17.4 Å². The molecule has 0 spiro atoms. The monoisotopic (exact) mass is 288 g/mol. The summed E-state index contributed by atoms with van der Waals surface area (Å²) < 4.78 is 5.28. The van der Waals surface area contributed by atoms with E-state index in [0.29, 0.717) is 10.8 Å². The number of hydrogen-bond acceptors (Lipinski definition) is 2. The maximum Gasteiger partial charge on any atom is 0.167 e. The van der Waals surface area contributed by atoms with Crippen molar-refractivity contribution in [3.63, 3.8) is 0 Å². The fourth-order valence-corrected chi connectivity index (χ4v) is 2.38. The summed E-state index contributed by atoms with van der Waals surface area (Å²) in [7, 11) is 1.59. The van der Waals surface area contributed by atoms with E-state index < -0.39 is 0 Å². The number of carbonyl (C=O) groups excluding carboxylic acids is 1. The second-order valence-electron chi connectivity index (χ2n) is 4.87. The van der Waals surface area contributed by atoms with Crippen LogP contribution in [0.1, 0.15) is 27.0 Å². The number of Topliss-reactive ketones (excluding diaryl/α,β-unsaturated/α-hetero) is 1. The highest BCUT2D eigenvalue weighted by atomic mass is 35.5. The Labute approximate surface area is 124 Å². The molecule has 2 rings (SSSR count). The molecule has 0 aliphatic heterocycles. The van der Waals surface area contributed by atoms with E-state index in [2.05, 4.69) is 0 Å². The lowest BCUT2D eigenvalue weighted by Gasteiger charge is -2.10. The van der Waals surface area contributed by atoms with Crippen molar-refractivity contribution in [1.82, 2.24) is 0 Å². The van der Waals surface area contributed by atoms with Gasteiger partial charge in [0.15, 0.2) is 5.78 Å². The van der Waals surface area contributed by atoms with Crippen molar-refractivity contribution in [1.29, 1.82) is 0 Å². The maximum absolute atomic E-state index is 12.5. The summed E-state index contributed by atoms with van der Waals surface area (Å²) in [5.74, 6) is 0.764. The van der Waals surface area contributed by atoms with Crippen LogP contribution in [0.2, 0.25) is 5.02 Å². The lowest BCUT2D eigenvalue weighted by atomic mass is 9.97. The van der Waals surface area contributed by atoms with Gasteiger partial charge in [0.2, 0.25) is 0 Å². The highest BCUT2D eigenvalue weighted by molar-refractivity contribution is 6.30. The summed E-state index contributed by atoms with van der Waals surface area (Å²) in [5.41, 5.74) is 3.64. The summed E-state index contributed by atoms with van der Waals surface area (Å²) in [4.78, 5) is 12.5. The van der Waals surface area contributed by atoms with E-state index in [-0.39, 0.29) is 12.2 Å². The molecule has 0 heterocycles. The first-order chi connectivity index (χ1) is 9.51. The molecule has 0 aliphatic carbocycles. The third-order valence-electron chi connectivity index (χ3n) is 3.29. The molecule has 0 radical (unpaired) electrons. The quantitative estimate of drug-likeness (QED) is 0.780. The molecule has 20 heavy (non-hydrogen) atoms. The number of methoxy groups -OCH3 is 1. The lowest BCUT2D eigenvalue weighted by molar-refractivity contribution is 0.0991. The minimum atomic E-state index is 0.0757. The van der Waals surface area contributed by atoms with E-state index >= 15 is 0 Å². The first kappa shape index (κ1) is 14.6. The van der Waals surface area contributed by atoms with Gasteiger partial charge in [0, 0.05) is 22.6 Å². The highest BCUT2D eigenvalue weighted by Gasteiger charge is 2.13.